The molecule has 0 atom stereocenters. The lowest BCUT2D eigenvalue weighted by molar-refractivity contribution is 0.434. The highest BCUT2D eigenvalue weighted by Gasteiger charge is 2.19. The molecule has 0 saturated carbocycles. The van der Waals surface area contributed by atoms with E-state index in [0.29, 0.717) is 16.8 Å². The van der Waals surface area contributed by atoms with E-state index in [2.05, 4.69) is 4.98 Å². The van der Waals surface area contributed by atoms with Gasteiger partial charge in [-0.05, 0) is 29.8 Å². The van der Waals surface area contributed by atoms with Crippen molar-refractivity contribution in [3.8, 4) is 34.4 Å². The molecule has 138 valence electrons. The summed E-state index contributed by atoms with van der Waals surface area (Å²) in [6, 6.07) is 14.0. The van der Waals surface area contributed by atoms with Crippen LogP contribution in [-0.4, -0.2) is 19.8 Å². The molecule has 6 nitrogen and oxygen atoms in total. The van der Waals surface area contributed by atoms with Gasteiger partial charge in [0.25, 0.3) is 5.56 Å². The van der Waals surface area contributed by atoms with Crippen molar-refractivity contribution >= 4 is 22.6 Å². The number of phenolic OH excluding ortho intramolecular Hbond substituents is 1. The molecule has 0 saturated heterocycles. The number of nitriles is 1. The van der Waals surface area contributed by atoms with Gasteiger partial charge in [-0.15, -0.1) is 0 Å². The highest BCUT2D eigenvalue weighted by atomic mass is 35.5. The third-order valence-electron chi connectivity index (χ3n) is 4.43. The lowest BCUT2D eigenvalue weighted by Gasteiger charge is -2.11. The number of nitrogens with zero attached hydrogens (tertiary/aromatic N) is 2. The lowest BCUT2D eigenvalue weighted by Crippen LogP contribution is -2.10. The summed E-state index contributed by atoms with van der Waals surface area (Å²) < 4.78 is 15.1. The number of benzene rings is 2. The van der Waals surface area contributed by atoms with Gasteiger partial charge in [0.15, 0.2) is 22.9 Å². The molecule has 0 aliphatic rings. The number of hydrogen-bond acceptors (Lipinski definition) is 4. The molecule has 0 bridgehead atoms. The SMILES string of the molecule is N#Cc1c(O)c2c(cc(Cl)n2-c2ccc(-c3cccc(F)c3O)cc2)[nH]c1=O. The van der Waals surface area contributed by atoms with E-state index in [1.165, 1.54) is 16.7 Å². The van der Waals surface area contributed by atoms with Crippen molar-refractivity contribution in [2.24, 2.45) is 0 Å². The summed E-state index contributed by atoms with van der Waals surface area (Å²) in [5.74, 6) is -1.65. The normalized spacial score (nSPS) is 10.9. The maximum atomic E-state index is 13.6. The Morgan fingerprint density at radius 3 is 2.50 bits per heavy atom. The molecule has 0 unspecified atom stereocenters. The Kier molecular flexibility index (Phi) is 4.06. The van der Waals surface area contributed by atoms with E-state index >= 15 is 0 Å². The molecule has 0 aliphatic heterocycles. The molecule has 0 fully saturated rings. The predicted octanol–water partition coefficient (Wildman–Crippen LogP) is 4.06. The van der Waals surface area contributed by atoms with Gasteiger partial charge in [0.2, 0.25) is 0 Å². The number of para-hydroxylation sites is 1. The van der Waals surface area contributed by atoms with Crippen LogP contribution in [0.4, 0.5) is 4.39 Å². The van der Waals surface area contributed by atoms with Gasteiger partial charge in [-0.25, -0.2) is 4.39 Å². The summed E-state index contributed by atoms with van der Waals surface area (Å²) in [5, 5.41) is 29.6. The van der Waals surface area contributed by atoms with Crippen LogP contribution in [0, 0.1) is 17.1 Å². The second kappa shape index (κ2) is 6.44. The number of halogens is 2. The zero-order valence-electron chi connectivity index (χ0n) is 14.1. The predicted molar refractivity (Wildman–Crippen MR) is 102 cm³/mol. The van der Waals surface area contributed by atoms with Crippen molar-refractivity contribution in [1.82, 2.24) is 9.55 Å². The number of nitrogens with one attached hydrogen (secondary N) is 1. The Labute approximate surface area is 162 Å². The van der Waals surface area contributed by atoms with Crippen LogP contribution in [0.2, 0.25) is 5.15 Å². The zero-order valence-corrected chi connectivity index (χ0v) is 14.8. The van der Waals surface area contributed by atoms with Crippen LogP contribution in [0.5, 0.6) is 11.5 Å². The Morgan fingerprint density at radius 1 is 1.11 bits per heavy atom. The quantitative estimate of drug-likeness (QED) is 0.476. The lowest BCUT2D eigenvalue weighted by atomic mass is 10.0. The number of aromatic hydroxyl groups is 2. The number of pyridine rings is 1. The first kappa shape index (κ1) is 17.6. The van der Waals surface area contributed by atoms with E-state index in [1.54, 1.807) is 36.4 Å². The third-order valence-corrected chi connectivity index (χ3v) is 4.71. The largest absolute Gasteiger partial charge is 0.504 e. The number of H-pyrrole nitrogens is 1. The Morgan fingerprint density at radius 2 is 1.82 bits per heavy atom. The van der Waals surface area contributed by atoms with E-state index in [0.717, 1.165) is 6.07 Å². The van der Waals surface area contributed by atoms with Crippen LogP contribution < -0.4 is 5.56 Å². The molecule has 2 aromatic heterocycles. The van der Waals surface area contributed by atoms with Crippen LogP contribution in [0.1, 0.15) is 5.56 Å². The fraction of sp³-hybridized carbons (Fsp3) is 0. The van der Waals surface area contributed by atoms with Crippen LogP contribution in [-0.2, 0) is 0 Å². The van der Waals surface area contributed by atoms with Gasteiger partial charge in [-0.1, -0.05) is 35.9 Å². The third kappa shape index (κ3) is 2.59. The van der Waals surface area contributed by atoms with Gasteiger partial charge in [-0.2, -0.15) is 5.26 Å². The van der Waals surface area contributed by atoms with E-state index in [1.807, 2.05) is 0 Å². The smallest absolute Gasteiger partial charge is 0.270 e. The Hall–Kier alpha value is -3.76. The van der Waals surface area contributed by atoms with E-state index < -0.39 is 28.4 Å². The average molecular weight is 396 g/mol. The van der Waals surface area contributed by atoms with Gasteiger partial charge in [0.1, 0.15) is 16.7 Å². The van der Waals surface area contributed by atoms with Crippen LogP contribution in [0.3, 0.4) is 0 Å². The summed E-state index contributed by atoms with van der Waals surface area (Å²) in [6.45, 7) is 0. The van der Waals surface area contributed by atoms with E-state index in [9.17, 15) is 19.4 Å². The van der Waals surface area contributed by atoms with E-state index in [4.69, 9.17) is 16.9 Å². The van der Waals surface area contributed by atoms with Crippen LogP contribution >= 0.6 is 11.6 Å². The Bertz CT molecular complexity index is 1330. The van der Waals surface area contributed by atoms with Gasteiger partial charge < -0.3 is 15.2 Å². The van der Waals surface area contributed by atoms with Crippen molar-refractivity contribution in [3.05, 3.63) is 75.4 Å². The molecule has 4 rings (SSSR count). The molecular weight excluding hydrogens is 385 g/mol. The van der Waals surface area contributed by atoms with Gasteiger partial charge in [0.05, 0.1) is 5.52 Å². The summed E-state index contributed by atoms with van der Waals surface area (Å²) >= 11 is 6.28. The molecule has 0 amide bonds. The first-order chi connectivity index (χ1) is 13.4. The number of aromatic amines is 1. The minimum atomic E-state index is -0.723. The summed E-state index contributed by atoms with van der Waals surface area (Å²) in [7, 11) is 0. The van der Waals surface area contributed by atoms with Gasteiger partial charge in [-0.3, -0.25) is 9.36 Å². The van der Waals surface area contributed by atoms with Crippen molar-refractivity contribution < 1.29 is 14.6 Å². The highest BCUT2D eigenvalue weighted by Crippen LogP contribution is 2.35. The van der Waals surface area contributed by atoms with Crippen molar-refractivity contribution in [2.45, 2.75) is 0 Å². The molecule has 0 aliphatic carbocycles. The Balaban J connectivity index is 1.90. The molecule has 0 radical (unpaired) electrons. The van der Waals surface area contributed by atoms with Gasteiger partial charge >= 0.3 is 0 Å². The summed E-state index contributed by atoms with van der Waals surface area (Å²) in [4.78, 5) is 14.4. The number of phenols is 1. The van der Waals surface area contributed by atoms with Crippen molar-refractivity contribution in [3.63, 3.8) is 0 Å². The van der Waals surface area contributed by atoms with Crippen molar-refractivity contribution in [2.75, 3.05) is 0 Å². The first-order valence-corrected chi connectivity index (χ1v) is 8.44. The molecule has 0 spiro atoms. The highest BCUT2D eigenvalue weighted by molar-refractivity contribution is 6.31. The molecule has 8 heteroatoms. The van der Waals surface area contributed by atoms with Gasteiger partial charge in [0, 0.05) is 11.3 Å². The second-order valence-electron chi connectivity index (χ2n) is 6.04. The average Bonchev–Trinajstić information content (AvgIpc) is 3.00. The second-order valence-corrected chi connectivity index (χ2v) is 6.42. The van der Waals surface area contributed by atoms with Crippen LogP contribution in [0.15, 0.2) is 53.3 Å². The number of rotatable bonds is 2. The maximum absolute atomic E-state index is 13.6. The van der Waals surface area contributed by atoms with Crippen LogP contribution in [0.25, 0.3) is 27.8 Å². The first-order valence-electron chi connectivity index (χ1n) is 8.07. The number of hydrogen-bond donors (Lipinski definition) is 3. The maximum Gasteiger partial charge on any atom is 0.270 e. The standard InChI is InChI=1S/C20H11ClFN3O3/c21-16-8-15-17(19(27)13(9-23)20(28)24-15)25(16)11-6-4-10(5-7-11)12-2-1-3-14(22)18(12)26/h1-8,26H,(H2,24,27,28). The summed E-state index contributed by atoms with van der Waals surface area (Å²) in [6.07, 6.45) is 0. The number of fused-ring (bicyclic) bond motifs is 1. The fourth-order valence-electron chi connectivity index (χ4n) is 3.11. The number of aromatic nitrogens is 2. The summed E-state index contributed by atoms with van der Waals surface area (Å²) in [5.41, 5.74) is 0.771. The fourth-order valence-corrected chi connectivity index (χ4v) is 3.40. The molecule has 28 heavy (non-hydrogen) atoms. The molecule has 3 N–H and O–H groups in total. The molecule has 2 heterocycles. The zero-order chi connectivity index (χ0) is 20.0. The molecular formula is C20H11ClFN3O3. The molecule has 4 aromatic rings. The van der Waals surface area contributed by atoms with Crippen molar-refractivity contribution in [1.29, 1.82) is 5.26 Å². The van der Waals surface area contributed by atoms with E-state index in [-0.39, 0.29) is 16.2 Å². The topological polar surface area (TPSA) is 102 Å². The monoisotopic (exact) mass is 395 g/mol. The minimum absolute atomic E-state index is 0.183. The minimum Gasteiger partial charge on any atom is -0.504 e. The molecule has 2 aromatic carbocycles.